The third-order valence-corrected chi connectivity index (χ3v) is 2.83. The van der Waals surface area contributed by atoms with Gasteiger partial charge in [-0.05, 0) is 35.4 Å². The first-order valence-corrected chi connectivity index (χ1v) is 5.61. The number of carbonyl (C=O) groups is 1. The van der Waals surface area contributed by atoms with Gasteiger partial charge in [-0.3, -0.25) is 4.79 Å². The van der Waals surface area contributed by atoms with Gasteiger partial charge in [0.1, 0.15) is 0 Å². The number of hydrogen-bond donors (Lipinski definition) is 0. The predicted octanol–water partition coefficient (Wildman–Crippen LogP) is 3.40. The fraction of sp³-hybridized carbons (Fsp3) is 0.500. The molecule has 0 aromatic heterocycles. The van der Waals surface area contributed by atoms with E-state index in [-0.39, 0.29) is 5.41 Å². The van der Waals surface area contributed by atoms with Crippen molar-refractivity contribution in [3.63, 3.8) is 0 Å². The molecule has 0 atom stereocenters. The van der Waals surface area contributed by atoms with Gasteiger partial charge in [-0.2, -0.15) is 0 Å². The Labute approximate surface area is 91.5 Å². The van der Waals surface area contributed by atoms with Gasteiger partial charge in [0.2, 0.25) is 0 Å². The standard InChI is InChI=1S/C14H18O/c1-14(2,3)9-10-4-5-11-6-7-13(15)12(11)8-10/h4-5,8H,6-7,9H2,1-3H3. The van der Waals surface area contributed by atoms with Gasteiger partial charge in [-0.25, -0.2) is 0 Å². The number of aryl methyl sites for hydroxylation is 1. The topological polar surface area (TPSA) is 17.1 Å². The average molecular weight is 202 g/mol. The summed E-state index contributed by atoms with van der Waals surface area (Å²) in [6.45, 7) is 6.67. The second-order valence-electron chi connectivity index (χ2n) is 5.65. The van der Waals surface area contributed by atoms with Crippen LogP contribution in [-0.2, 0) is 12.8 Å². The Hall–Kier alpha value is -1.11. The zero-order chi connectivity index (χ0) is 11.1. The second-order valence-corrected chi connectivity index (χ2v) is 5.65. The van der Waals surface area contributed by atoms with Gasteiger partial charge in [0.25, 0.3) is 0 Å². The largest absolute Gasteiger partial charge is 0.294 e. The molecule has 1 heteroatoms. The molecule has 0 saturated carbocycles. The van der Waals surface area contributed by atoms with E-state index in [0.29, 0.717) is 12.2 Å². The van der Waals surface area contributed by atoms with E-state index < -0.39 is 0 Å². The summed E-state index contributed by atoms with van der Waals surface area (Å²) < 4.78 is 0. The highest BCUT2D eigenvalue weighted by molar-refractivity contribution is 6.00. The zero-order valence-electron chi connectivity index (χ0n) is 9.76. The number of rotatable bonds is 1. The van der Waals surface area contributed by atoms with E-state index in [0.717, 1.165) is 18.4 Å². The third kappa shape index (κ3) is 2.28. The maximum Gasteiger partial charge on any atom is 0.163 e. The Morgan fingerprint density at radius 1 is 1.20 bits per heavy atom. The zero-order valence-corrected chi connectivity index (χ0v) is 9.76. The monoisotopic (exact) mass is 202 g/mol. The highest BCUT2D eigenvalue weighted by Gasteiger charge is 2.20. The number of fused-ring (bicyclic) bond motifs is 1. The first-order chi connectivity index (χ1) is 6.96. The molecular weight excluding hydrogens is 184 g/mol. The number of benzene rings is 1. The minimum Gasteiger partial charge on any atom is -0.294 e. The van der Waals surface area contributed by atoms with E-state index in [1.165, 1.54) is 11.1 Å². The molecule has 0 saturated heterocycles. The molecule has 1 aromatic rings. The maximum absolute atomic E-state index is 11.6. The van der Waals surface area contributed by atoms with E-state index in [1.54, 1.807) is 0 Å². The number of carbonyl (C=O) groups excluding carboxylic acids is 1. The lowest BCUT2D eigenvalue weighted by Gasteiger charge is -2.18. The molecule has 0 N–H and O–H groups in total. The molecule has 0 bridgehead atoms. The van der Waals surface area contributed by atoms with Crippen molar-refractivity contribution in [3.05, 3.63) is 34.9 Å². The van der Waals surface area contributed by atoms with Crippen molar-refractivity contribution in [3.8, 4) is 0 Å². The van der Waals surface area contributed by atoms with Gasteiger partial charge in [0, 0.05) is 12.0 Å². The van der Waals surface area contributed by atoms with Crippen LogP contribution >= 0.6 is 0 Å². The molecule has 0 spiro atoms. The Bertz CT molecular complexity index is 396. The summed E-state index contributed by atoms with van der Waals surface area (Å²) in [5.41, 5.74) is 3.78. The molecule has 1 aliphatic rings. The number of hydrogen-bond acceptors (Lipinski definition) is 1. The van der Waals surface area contributed by atoms with Crippen molar-refractivity contribution in [2.45, 2.75) is 40.0 Å². The number of ketones is 1. The van der Waals surface area contributed by atoms with E-state index in [1.807, 2.05) is 0 Å². The van der Waals surface area contributed by atoms with Crippen molar-refractivity contribution in [1.29, 1.82) is 0 Å². The van der Waals surface area contributed by atoms with Gasteiger partial charge in [-0.1, -0.05) is 32.9 Å². The van der Waals surface area contributed by atoms with Gasteiger partial charge < -0.3 is 0 Å². The highest BCUT2D eigenvalue weighted by Crippen LogP contribution is 2.26. The summed E-state index contributed by atoms with van der Waals surface area (Å²) in [4.78, 5) is 11.6. The summed E-state index contributed by atoms with van der Waals surface area (Å²) >= 11 is 0. The molecule has 2 rings (SSSR count). The van der Waals surface area contributed by atoms with Gasteiger partial charge in [-0.15, -0.1) is 0 Å². The summed E-state index contributed by atoms with van der Waals surface area (Å²) in [6.07, 6.45) is 2.67. The lowest BCUT2D eigenvalue weighted by Crippen LogP contribution is -2.09. The minimum atomic E-state index is 0.288. The van der Waals surface area contributed by atoms with Crippen LogP contribution < -0.4 is 0 Å². The molecule has 80 valence electrons. The van der Waals surface area contributed by atoms with Crippen molar-refractivity contribution < 1.29 is 4.79 Å². The van der Waals surface area contributed by atoms with Crippen LogP contribution in [-0.4, -0.2) is 5.78 Å². The van der Waals surface area contributed by atoms with Crippen molar-refractivity contribution >= 4 is 5.78 Å². The van der Waals surface area contributed by atoms with Crippen LogP contribution in [0.15, 0.2) is 18.2 Å². The SMILES string of the molecule is CC(C)(C)Cc1ccc2c(c1)C(=O)CC2. The first kappa shape index (κ1) is 10.4. The van der Waals surface area contributed by atoms with Gasteiger partial charge in [0.05, 0.1) is 0 Å². The van der Waals surface area contributed by atoms with E-state index in [4.69, 9.17) is 0 Å². The third-order valence-electron chi connectivity index (χ3n) is 2.83. The second kappa shape index (κ2) is 3.48. The first-order valence-electron chi connectivity index (χ1n) is 5.61. The Morgan fingerprint density at radius 3 is 2.60 bits per heavy atom. The van der Waals surface area contributed by atoms with Crippen LogP contribution in [0.4, 0.5) is 0 Å². The highest BCUT2D eigenvalue weighted by atomic mass is 16.1. The minimum absolute atomic E-state index is 0.288. The molecule has 0 unspecified atom stereocenters. The maximum atomic E-state index is 11.6. The molecule has 15 heavy (non-hydrogen) atoms. The van der Waals surface area contributed by atoms with Crippen LogP contribution in [0.5, 0.6) is 0 Å². The van der Waals surface area contributed by atoms with Crippen LogP contribution in [0, 0.1) is 5.41 Å². The lowest BCUT2D eigenvalue weighted by atomic mass is 9.87. The lowest BCUT2D eigenvalue weighted by molar-refractivity contribution is 0.0994. The number of Topliss-reactive ketones (excluding diaryl/α,β-unsaturated/α-hetero) is 1. The Kier molecular flexibility index (Phi) is 2.41. The molecule has 0 heterocycles. The summed E-state index contributed by atoms with van der Waals surface area (Å²) in [7, 11) is 0. The van der Waals surface area contributed by atoms with Crippen molar-refractivity contribution in [1.82, 2.24) is 0 Å². The van der Waals surface area contributed by atoms with Crippen LogP contribution in [0.1, 0.15) is 48.7 Å². The van der Waals surface area contributed by atoms with Crippen LogP contribution in [0.25, 0.3) is 0 Å². The predicted molar refractivity (Wildman–Crippen MR) is 62.3 cm³/mol. The molecule has 0 radical (unpaired) electrons. The van der Waals surface area contributed by atoms with Crippen LogP contribution in [0.2, 0.25) is 0 Å². The Balaban J connectivity index is 2.30. The van der Waals surface area contributed by atoms with Crippen molar-refractivity contribution in [2.75, 3.05) is 0 Å². The fourth-order valence-corrected chi connectivity index (χ4v) is 2.21. The molecule has 0 amide bonds. The van der Waals surface area contributed by atoms with Gasteiger partial charge in [0.15, 0.2) is 5.78 Å². The van der Waals surface area contributed by atoms with E-state index in [2.05, 4.69) is 39.0 Å². The molecule has 0 fully saturated rings. The fourth-order valence-electron chi connectivity index (χ4n) is 2.21. The van der Waals surface area contributed by atoms with E-state index in [9.17, 15) is 4.79 Å². The quantitative estimate of drug-likeness (QED) is 0.682. The normalized spacial score (nSPS) is 15.5. The smallest absolute Gasteiger partial charge is 0.163 e. The van der Waals surface area contributed by atoms with Gasteiger partial charge >= 0.3 is 0 Å². The summed E-state index contributed by atoms with van der Waals surface area (Å²) in [5.74, 6) is 0.320. The molecule has 1 aliphatic carbocycles. The van der Waals surface area contributed by atoms with Crippen LogP contribution in [0.3, 0.4) is 0 Å². The molecule has 1 nitrogen and oxygen atoms in total. The summed E-state index contributed by atoms with van der Waals surface area (Å²) in [5, 5.41) is 0. The molecule has 0 aliphatic heterocycles. The summed E-state index contributed by atoms with van der Waals surface area (Å²) in [6, 6.07) is 6.39. The average Bonchev–Trinajstić information content (AvgIpc) is 2.45. The van der Waals surface area contributed by atoms with E-state index >= 15 is 0 Å². The Morgan fingerprint density at radius 2 is 1.93 bits per heavy atom. The molecule has 1 aromatic carbocycles. The van der Waals surface area contributed by atoms with Crippen molar-refractivity contribution in [2.24, 2.45) is 5.41 Å². The molecular formula is C14H18O.